The van der Waals surface area contributed by atoms with Crippen molar-refractivity contribution in [3.05, 3.63) is 54.4 Å². The number of carbonyl (C=O) groups excluding carboxylic acids is 1. The minimum absolute atomic E-state index is 0.0650. The van der Waals surface area contributed by atoms with E-state index in [9.17, 15) is 10.0 Å². The lowest BCUT2D eigenvalue weighted by atomic mass is 9.95. The van der Waals surface area contributed by atoms with Gasteiger partial charge >= 0.3 is 6.03 Å². The van der Waals surface area contributed by atoms with Gasteiger partial charge in [0.25, 0.3) is 0 Å². The highest BCUT2D eigenvalue weighted by atomic mass is 16.5. The summed E-state index contributed by atoms with van der Waals surface area (Å²) in [4.78, 5) is 19.6. The maximum Gasteiger partial charge on any atom is 0.343 e. The van der Waals surface area contributed by atoms with Crippen LogP contribution in [0.25, 0.3) is 22.6 Å². The van der Waals surface area contributed by atoms with Crippen LogP contribution in [0, 0.1) is 0 Å². The van der Waals surface area contributed by atoms with Crippen LogP contribution in [0.1, 0.15) is 56.8 Å². The van der Waals surface area contributed by atoms with Crippen LogP contribution < -0.4 is 9.47 Å². The molecule has 5 rings (SSSR count). The van der Waals surface area contributed by atoms with Crippen molar-refractivity contribution in [2.45, 2.75) is 56.9 Å². The number of urea groups is 1. The summed E-state index contributed by atoms with van der Waals surface area (Å²) in [5.41, 5.74) is 2.64. The number of rotatable bonds is 6. The topological polar surface area (TPSA) is 88.3 Å². The van der Waals surface area contributed by atoms with Crippen LogP contribution in [-0.2, 0) is 0 Å². The number of hydroxylamine groups is 2. The number of piperidine rings is 1. The van der Waals surface area contributed by atoms with Crippen LogP contribution in [0.5, 0.6) is 11.5 Å². The van der Waals surface area contributed by atoms with E-state index < -0.39 is 0 Å². The van der Waals surface area contributed by atoms with Crippen molar-refractivity contribution in [2.24, 2.45) is 0 Å². The number of hydrogen-bond acceptors (Lipinski definition) is 6. The summed E-state index contributed by atoms with van der Waals surface area (Å²) in [6.45, 7) is 1.12. The summed E-state index contributed by atoms with van der Waals surface area (Å²) in [7, 11) is 3.29. The highest BCUT2D eigenvalue weighted by Gasteiger charge is 2.33. The molecule has 0 radical (unpaired) electrons. The zero-order chi connectivity index (χ0) is 25.8. The molecule has 0 unspecified atom stereocenters. The van der Waals surface area contributed by atoms with E-state index >= 15 is 0 Å². The van der Waals surface area contributed by atoms with Crippen molar-refractivity contribution in [1.82, 2.24) is 14.9 Å². The molecule has 0 spiro atoms. The number of methoxy groups -OCH3 is 2. The molecule has 8 heteroatoms. The van der Waals surface area contributed by atoms with E-state index in [1.165, 1.54) is 6.42 Å². The Labute approximate surface area is 217 Å². The fourth-order valence-corrected chi connectivity index (χ4v) is 5.34. The molecule has 37 heavy (non-hydrogen) atoms. The second-order valence-electron chi connectivity index (χ2n) is 9.87. The molecule has 1 aliphatic heterocycles. The zero-order valence-electron chi connectivity index (χ0n) is 21.6. The Morgan fingerprint density at radius 3 is 2.03 bits per heavy atom. The average molecular weight is 506 g/mol. The largest absolute Gasteiger partial charge is 0.497 e. The normalized spacial score (nSPS) is 17.0. The van der Waals surface area contributed by atoms with Gasteiger partial charge in [-0.2, -0.15) is 0 Å². The van der Waals surface area contributed by atoms with Crippen LogP contribution in [0.3, 0.4) is 0 Å². The highest BCUT2D eigenvalue weighted by molar-refractivity contribution is 5.77. The van der Waals surface area contributed by atoms with Crippen molar-refractivity contribution in [2.75, 3.05) is 27.3 Å². The second-order valence-corrected chi connectivity index (χ2v) is 9.87. The minimum atomic E-state index is -0.282. The van der Waals surface area contributed by atoms with E-state index in [0.717, 1.165) is 71.9 Å². The molecule has 1 N–H and O–H groups in total. The van der Waals surface area contributed by atoms with Gasteiger partial charge < -0.3 is 18.8 Å². The van der Waals surface area contributed by atoms with Crippen LogP contribution in [0.2, 0.25) is 0 Å². The van der Waals surface area contributed by atoms with Crippen LogP contribution in [0.15, 0.2) is 52.9 Å². The fraction of sp³-hybridized carbons (Fsp3) is 0.448. The van der Waals surface area contributed by atoms with Crippen LogP contribution >= 0.6 is 0 Å². The Hall–Kier alpha value is -3.52. The maximum atomic E-state index is 12.9. The van der Waals surface area contributed by atoms with E-state index in [1.807, 2.05) is 48.5 Å². The van der Waals surface area contributed by atoms with Gasteiger partial charge in [-0.3, -0.25) is 5.21 Å². The minimum Gasteiger partial charge on any atom is -0.497 e. The van der Waals surface area contributed by atoms with Crippen molar-refractivity contribution in [3.8, 4) is 34.1 Å². The number of amides is 2. The molecule has 1 saturated carbocycles. The molecule has 1 aliphatic carbocycles. The summed E-state index contributed by atoms with van der Waals surface area (Å²) in [6, 6.07) is 15.2. The predicted molar refractivity (Wildman–Crippen MR) is 140 cm³/mol. The van der Waals surface area contributed by atoms with Gasteiger partial charge in [-0.05, 0) is 74.2 Å². The Morgan fingerprint density at radius 1 is 0.892 bits per heavy atom. The number of aromatic nitrogens is 1. The summed E-state index contributed by atoms with van der Waals surface area (Å²) >= 11 is 0. The van der Waals surface area contributed by atoms with Gasteiger partial charge in [0.1, 0.15) is 17.2 Å². The van der Waals surface area contributed by atoms with E-state index in [0.29, 0.717) is 24.7 Å². The monoisotopic (exact) mass is 505 g/mol. The lowest BCUT2D eigenvalue weighted by Crippen LogP contribution is -2.49. The van der Waals surface area contributed by atoms with Gasteiger partial charge in [0.15, 0.2) is 11.7 Å². The molecule has 1 saturated heterocycles. The Kier molecular flexibility index (Phi) is 7.65. The molecule has 0 bridgehead atoms. The van der Waals surface area contributed by atoms with Crippen molar-refractivity contribution < 1.29 is 23.9 Å². The lowest BCUT2D eigenvalue weighted by Gasteiger charge is -2.36. The summed E-state index contributed by atoms with van der Waals surface area (Å²) < 4.78 is 17.1. The molecule has 196 valence electrons. The molecule has 2 aliphatic rings. The van der Waals surface area contributed by atoms with E-state index in [-0.39, 0.29) is 18.0 Å². The third-order valence-corrected chi connectivity index (χ3v) is 7.59. The highest BCUT2D eigenvalue weighted by Crippen LogP contribution is 2.38. The summed E-state index contributed by atoms with van der Waals surface area (Å²) in [6.07, 6.45) is 6.51. The maximum absolute atomic E-state index is 12.9. The van der Waals surface area contributed by atoms with Gasteiger partial charge in [0.2, 0.25) is 0 Å². The van der Waals surface area contributed by atoms with Gasteiger partial charge in [-0.1, -0.05) is 19.3 Å². The second kappa shape index (κ2) is 11.3. The Balaban J connectivity index is 1.35. The smallest absolute Gasteiger partial charge is 0.343 e. The van der Waals surface area contributed by atoms with Gasteiger partial charge in [0, 0.05) is 30.1 Å². The number of oxazole rings is 1. The number of ether oxygens (including phenoxy) is 2. The molecule has 1 aromatic heterocycles. The molecule has 2 heterocycles. The number of hydrogen-bond donors (Lipinski definition) is 1. The first-order chi connectivity index (χ1) is 18.1. The van der Waals surface area contributed by atoms with Gasteiger partial charge in [-0.25, -0.2) is 14.8 Å². The van der Waals surface area contributed by atoms with E-state index in [4.69, 9.17) is 18.9 Å². The summed E-state index contributed by atoms with van der Waals surface area (Å²) in [5.74, 6) is 3.03. The summed E-state index contributed by atoms with van der Waals surface area (Å²) in [5, 5.41) is 11.5. The lowest BCUT2D eigenvalue weighted by molar-refractivity contribution is -0.0992. The third kappa shape index (κ3) is 5.44. The number of nitrogens with zero attached hydrogens (tertiary/aromatic N) is 3. The van der Waals surface area contributed by atoms with E-state index in [1.54, 1.807) is 19.1 Å². The molecular formula is C29H35N3O5. The first-order valence-electron chi connectivity index (χ1n) is 13.1. The van der Waals surface area contributed by atoms with Crippen molar-refractivity contribution in [1.29, 1.82) is 0 Å². The van der Waals surface area contributed by atoms with Crippen LogP contribution in [-0.4, -0.2) is 59.5 Å². The predicted octanol–water partition coefficient (Wildman–Crippen LogP) is 6.35. The molecule has 2 amide bonds. The Bertz CT molecular complexity index is 1110. The molecule has 8 nitrogen and oxygen atoms in total. The zero-order valence-corrected chi connectivity index (χ0v) is 21.6. The van der Waals surface area contributed by atoms with Crippen LogP contribution in [0.4, 0.5) is 4.79 Å². The first-order valence-corrected chi connectivity index (χ1v) is 13.1. The standard InChI is InChI=1S/C29H35N3O5/c1-35-24-12-8-20(9-13-24)26-27(21-10-14-25(36-2)15-11-21)37-28(30-26)22-16-18-31(19-17-22)29(33)32(34)23-6-4-3-5-7-23/h8-15,22-23,34H,3-7,16-19H2,1-2H3. The first kappa shape index (κ1) is 25.1. The fourth-order valence-electron chi connectivity index (χ4n) is 5.34. The van der Waals surface area contributed by atoms with Crippen molar-refractivity contribution >= 4 is 6.03 Å². The van der Waals surface area contributed by atoms with Gasteiger partial charge in [-0.15, -0.1) is 0 Å². The van der Waals surface area contributed by atoms with Gasteiger partial charge in [0.05, 0.1) is 20.3 Å². The number of likely N-dealkylation sites (tertiary alicyclic amines) is 1. The Morgan fingerprint density at radius 2 is 1.46 bits per heavy atom. The number of benzene rings is 2. The average Bonchev–Trinajstić information content (AvgIpc) is 3.42. The molecule has 2 fully saturated rings. The molecule has 3 aromatic rings. The van der Waals surface area contributed by atoms with E-state index in [2.05, 4.69) is 0 Å². The SMILES string of the molecule is COc1ccc(-c2nc(C3CCN(C(=O)N(O)C4CCCCC4)CC3)oc2-c2ccc(OC)cc2)cc1. The van der Waals surface area contributed by atoms with Crippen molar-refractivity contribution in [3.63, 3.8) is 0 Å². The quantitative estimate of drug-likeness (QED) is 0.310. The number of carbonyl (C=O) groups is 1. The molecule has 0 atom stereocenters. The molecular weight excluding hydrogens is 470 g/mol. The third-order valence-electron chi connectivity index (χ3n) is 7.59. The molecule has 2 aromatic carbocycles.